The molecule has 0 spiro atoms. The molecule has 1 atom stereocenters. The van der Waals surface area contributed by atoms with Crippen LogP contribution in [0.15, 0.2) is 49.1 Å². The monoisotopic (exact) mass is 304 g/mol. The van der Waals surface area contributed by atoms with Crippen LogP contribution in [0.3, 0.4) is 0 Å². The Morgan fingerprint density at radius 3 is 2.27 bits per heavy atom. The highest BCUT2D eigenvalue weighted by Gasteiger charge is 2.58. The van der Waals surface area contributed by atoms with E-state index < -0.39 is 22.8 Å². The molecule has 0 aromatic rings. The quantitative estimate of drug-likeness (QED) is 0.327. The van der Waals surface area contributed by atoms with Gasteiger partial charge < -0.3 is 9.47 Å². The molecule has 1 rings (SSSR count). The third kappa shape index (κ3) is 3.21. The van der Waals surface area contributed by atoms with E-state index in [-0.39, 0.29) is 6.42 Å². The lowest BCUT2D eigenvalue weighted by Crippen LogP contribution is -2.39. The zero-order valence-corrected chi connectivity index (χ0v) is 13.6. The third-order valence-electron chi connectivity index (χ3n) is 4.18. The van der Waals surface area contributed by atoms with Crippen LogP contribution in [0.4, 0.5) is 0 Å². The summed E-state index contributed by atoms with van der Waals surface area (Å²) in [6, 6.07) is 0. The molecule has 4 nitrogen and oxygen atoms in total. The van der Waals surface area contributed by atoms with Crippen LogP contribution in [0.1, 0.15) is 26.2 Å². The molecular weight excluding hydrogens is 280 g/mol. The zero-order valence-electron chi connectivity index (χ0n) is 13.6. The highest BCUT2D eigenvalue weighted by atomic mass is 16.5. The molecule has 1 unspecified atom stereocenters. The molecule has 0 amide bonds. The zero-order chi connectivity index (χ0) is 16.8. The van der Waals surface area contributed by atoms with Crippen molar-refractivity contribution in [1.29, 1.82) is 0 Å². The smallest absolute Gasteiger partial charge is 0.323 e. The van der Waals surface area contributed by atoms with Crippen molar-refractivity contribution in [3.63, 3.8) is 0 Å². The van der Waals surface area contributed by atoms with Crippen molar-refractivity contribution in [3.8, 4) is 0 Å². The summed E-state index contributed by atoms with van der Waals surface area (Å²) in [5.41, 5.74) is -0.725. The normalized spacial score (nSPS) is 25.1. The van der Waals surface area contributed by atoms with Gasteiger partial charge in [-0.1, -0.05) is 49.5 Å². The second kappa shape index (κ2) is 7.25. The second-order valence-electron chi connectivity index (χ2n) is 5.68. The predicted molar refractivity (Wildman–Crippen MR) is 86.0 cm³/mol. The van der Waals surface area contributed by atoms with Crippen molar-refractivity contribution in [2.75, 3.05) is 14.2 Å². The lowest BCUT2D eigenvalue weighted by Gasteiger charge is -2.25. The van der Waals surface area contributed by atoms with E-state index in [1.807, 2.05) is 25.2 Å². The number of carbonyl (C=O) groups excluding carboxylic acids is 2. The largest absolute Gasteiger partial charge is 0.468 e. The van der Waals surface area contributed by atoms with Crippen molar-refractivity contribution >= 4 is 11.9 Å². The van der Waals surface area contributed by atoms with Gasteiger partial charge in [-0.25, -0.2) is 0 Å². The first-order valence-corrected chi connectivity index (χ1v) is 7.17. The fourth-order valence-corrected chi connectivity index (χ4v) is 3.07. The number of allylic oxidation sites excluding steroid dienone is 6. The van der Waals surface area contributed by atoms with Gasteiger partial charge in [-0.05, 0) is 19.3 Å². The number of esters is 2. The van der Waals surface area contributed by atoms with Gasteiger partial charge in [-0.15, -0.1) is 6.58 Å². The van der Waals surface area contributed by atoms with E-state index in [1.54, 1.807) is 12.2 Å². The van der Waals surface area contributed by atoms with Crippen molar-refractivity contribution in [2.45, 2.75) is 26.2 Å². The summed E-state index contributed by atoms with van der Waals surface area (Å²) in [4.78, 5) is 24.6. The molecular formula is C18H24O4. The van der Waals surface area contributed by atoms with Crippen LogP contribution in [0, 0.1) is 10.8 Å². The predicted octanol–water partition coefficient (Wildman–Crippen LogP) is 3.36. The van der Waals surface area contributed by atoms with E-state index in [9.17, 15) is 9.59 Å². The van der Waals surface area contributed by atoms with Gasteiger partial charge in [0.05, 0.1) is 14.2 Å². The van der Waals surface area contributed by atoms with Crippen LogP contribution in [0.2, 0.25) is 0 Å². The van der Waals surface area contributed by atoms with Crippen LogP contribution in [0.25, 0.3) is 0 Å². The van der Waals surface area contributed by atoms with Crippen molar-refractivity contribution < 1.29 is 19.1 Å². The molecule has 0 saturated heterocycles. The molecule has 0 aromatic heterocycles. The topological polar surface area (TPSA) is 52.6 Å². The number of rotatable bonds is 6. The maximum Gasteiger partial charge on any atom is 0.323 e. The highest BCUT2D eigenvalue weighted by molar-refractivity contribution is 6.01. The molecule has 0 N–H and O–H groups in total. The maximum absolute atomic E-state index is 12.3. The summed E-state index contributed by atoms with van der Waals surface area (Å²) >= 11 is 0. The Kier molecular flexibility index (Phi) is 5.92. The number of hydrogen-bond acceptors (Lipinski definition) is 4. The fourth-order valence-electron chi connectivity index (χ4n) is 3.07. The van der Waals surface area contributed by atoms with E-state index >= 15 is 0 Å². The summed E-state index contributed by atoms with van der Waals surface area (Å²) in [5.74, 6) is -1.11. The molecule has 0 heterocycles. The Hall–Kier alpha value is -2.10. The SMILES string of the molecule is C=C/C=C\C1(C)CC(C(=O)OC)(C(=O)OC)C/C1=C\CC=C. The van der Waals surface area contributed by atoms with Crippen molar-refractivity contribution in [3.05, 3.63) is 49.1 Å². The minimum Gasteiger partial charge on any atom is -0.468 e. The van der Waals surface area contributed by atoms with E-state index in [0.29, 0.717) is 12.8 Å². The minimum atomic E-state index is -1.29. The Labute approximate surface area is 132 Å². The molecule has 22 heavy (non-hydrogen) atoms. The van der Waals surface area contributed by atoms with Gasteiger partial charge in [0.1, 0.15) is 0 Å². The molecule has 1 saturated carbocycles. The lowest BCUT2D eigenvalue weighted by molar-refractivity contribution is -0.169. The van der Waals surface area contributed by atoms with Gasteiger partial charge >= 0.3 is 11.9 Å². The Bertz CT molecular complexity index is 511. The number of hydrogen-bond donors (Lipinski definition) is 0. The third-order valence-corrected chi connectivity index (χ3v) is 4.18. The first-order valence-electron chi connectivity index (χ1n) is 7.17. The van der Waals surface area contributed by atoms with Gasteiger partial charge in [0.25, 0.3) is 0 Å². The molecule has 1 fully saturated rings. The van der Waals surface area contributed by atoms with Crippen molar-refractivity contribution in [1.82, 2.24) is 0 Å². The summed E-state index contributed by atoms with van der Waals surface area (Å²) in [6.45, 7) is 9.38. The van der Waals surface area contributed by atoms with Gasteiger partial charge in [0.2, 0.25) is 0 Å². The summed E-state index contributed by atoms with van der Waals surface area (Å²) in [7, 11) is 2.57. The number of ether oxygens (including phenoxy) is 2. The van der Waals surface area contributed by atoms with E-state index in [4.69, 9.17) is 9.47 Å². The average molecular weight is 304 g/mol. The summed E-state index contributed by atoms with van der Waals surface area (Å²) in [6.07, 6.45) is 10.5. The Morgan fingerprint density at radius 2 is 1.82 bits per heavy atom. The van der Waals surface area contributed by atoms with Crippen LogP contribution >= 0.6 is 0 Å². The molecule has 120 valence electrons. The summed E-state index contributed by atoms with van der Waals surface area (Å²) in [5, 5.41) is 0. The van der Waals surface area contributed by atoms with E-state index in [2.05, 4.69) is 13.2 Å². The number of methoxy groups -OCH3 is 2. The Balaban J connectivity index is 3.38. The lowest BCUT2D eigenvalue weighted by atomic mass is 9.79. The minimum absolute atomic E-state index is 0.290. The second-order valence-corrected chi connectivity index (χ2v) is 5.68. The van der Waals surface area contributed by atoms with E-state index in [1.165, 1.54) is 14.2 Å². The standard InChI is InChI=1S/C18H24O4/c1-6-8-10-14-12-18(15(19)21-4,16(20)22-5)13-17(14,3)11-9-7-2/h6-7,9-11H,1-2,8,12-13H2,3-5H3/b11-9-,14-10+. The highest BCUT2D eigenvalue weighted by Crippen LogP contribution is 2.55. The van der Waals surface area contributed by atoms with Crippen LogP contribution in [-0.2, 0) is 19.1 Å². The van der Waals surface area contributed by atoms with E-state index in [0.717, 1.165) is 5.57 Å². The molecule has 1 aliphatic carbocycles. The van der Waals surface area contributed by atoms with Crippen molar-refractivity contribution in [2.24, 2.45) is 10.8 Å². The van der Waals surface area contributed by atoms with Gasteiger partial charge in [-0.3, -0.25) is 9.59 Å². The van der Waals surface area contributed by atoms with Crippen LogP contribution in [-0.4, -0.2) is 26.2 Å². The first-order chi connectivity index (χ1) is 10.4. The van der Waals surface area contributed by atoms with Gasteiger partial charge in [0.15, 0.2) is 5.41 Å². The number of carbonyl (C=O) groups is 2. The van der Waals surface area contributed by atoms with Crippen LogP contribution < -0.4 is 0 Å². The molecule has 0 aliphatic heterocycles. The van der Waals surface area contributed by atoms with Crippen LogP contribution in [0.5, 0.6) is 0 Å². The fraction of sp³-hybridized carbons (Fsp3) is 0.444. The molecule has 0 bridgehead atoms. The molecule has 1 aliphatic rings. The van der Waals surface area contributed by atoms with Gasteiger partial charge in [0, 0.05) is 5.41 Å². The molecule has 0 radical (unpaired) electrons. The maximum atomic E-state index is 12.3. The Morgan fingerprint density at radius 1 is 1.23 bits per heavy atom. The van der Waals surface area contributed by atoms with Gasteiger partial charge in [-0.2, -0.15) is 0 Å². The molecule has 0 aromatic carbocycles. The summed E-state index contributed by atoms with van der Waals surface area (Å²) < 4.78 is 9.76. The first kappa shape index (κ1) is 18.0. The average Bonchev–Trinajstić information content (AvgIpc) is 2.83. The molecule has 4 heteroatoms.